The van der Waals surface area contributed by atoms with Crippen LogP contribution < -0.4 is 0 Å². The highest BCUT2D eigenvalue weighted by molar-refractivity contribution is 14.1. The van der Waals surface area contributed by atoms with E-state index in [1.54, 1.807) is 17.4 Å². The zero-order valence-corrected chi connectivity index (χ0v) is 13.7. The standard InChI is InChI=1S/C12H9FIN3S2/c1-6-11(19-5-15-6)4-17-10-2-7(13)8(14)3-9(10)16-12(17)18/h2-3,5H,4H2,1H3,(H,16,18). The first-order valence-corrected chi connectivity index (χ1v) is 7.89. The minimum Gasteiger partial charge on any atom is -0.331 e. The third-order valence-electron chi connectivity index (χ3n) is 2.96. The summed E-state index contributed by atoms with van der Waals surface area (Å²) in [6.45, 7) is 2.59. The van der Waals surface area contributed by atoms with Gasteiger partial charge in [0, 0.05) is 10.9 Å². The van der Waals surface area contributed by atoms with Crippen LogP contribution in [0, 0.1) is 21.1 Å². The third kappa shape index (κ3) is 2.34. The monoisotopic (exact) mass is 405 g/mol. The molecule has 0 saturated carbocycles. The molecule has 0 aliphatic heterocycles. The summed E-state index contributed by atoms with van der Waals surface area (Å²) in [5.41, 5.74) is 4.45. The topological polar surface area (TPSA) is 33.6 Å². The summed E-state index contributed by atoms with van der Waals surface area (Å²) in [6, 6.07) is 3.30. The number of nitrogens with one attached hydrogen (secondary N) is 1. The van der Waals surface area contributed by atoms with Gasteiger partial charge in [-0.05, 0) is 47.8 Å². The number of rotatable bonds is 2. The van der Waals surface area contributed by atoms with Gasteiger partial charge in [0.05, 0.1) is 32.4 Å². The van der Waals surface area contributed by atoms with Crippen molar-refractivity contribution in [1.82, 2.24) is 14.5 Å². The number of fused-ring (bicyclic) bond motifs is 1. The van der Waals surface area contributed by atoms with Crippen molar-refractivity contribution >= 4 is 57.2 Å². The van der Waals surface area contributed by atoms with Gasteiger partial charge < -0.3 is 9.55 Å². The second-order valence-corrected chi connectivity index (χ2v) is 6.65. The highest BCUT2D eigenvalue weighted by Gasteiger charge is 2.11. The van der Waals surface area contributed by atoms with Gasteiger partial charge in [-0.1, -0.05) is 0 Å². The largest absolute Gasteiger partial charge is 0.331 e. The van der Waals surface area contributed by atoms with Crippen LogP contribution in [0.25, 0.3) is 11.0 Å². The molecule has 0 bridgehead atoms. The molecule has 0 spiro atoms. The van der Waals surface area contributed by atoms with Crippen LogP contribution in [0.2, 0.25) is 0 Å². The van der Waals surface area contributed by atoms with Crippen LogP contribution in [0.5, 0.6) is 0 Å². The van der Waals surface area contributed by atoms with Gasteiger partial charge in [-0.15, -0.1) is 11.3 Å². The van der Waals surface area contributed by atoms with Crippen LogP contribution in [-0.4, -0.2) is 14.5 Å². The van der Waals surface area contributed by atoms with Crippen LogP contribution in [-0.2, 0) is 6.54 Å². The molecule has 0 aliphatic rings. The van der Waals surface area contributed by atoms with Gasteiger partial charge in [0.15, 0.2) is 4.77 Å². The summed E-state index contributed by atoms with van der Waals surface area (Å²) < 4.78 is 16.8. The Kier molecular flexibility index (Phi) is 3.44. The van der Waals surface area contributed by atoms with Crippen LogP contribution in [0.1, 0.15) is 10.6 Å². The van der Waals surface area contributed by atoms with Crippen molar-refractivity contribution in [1.29, 1.82) is 0 Å². The maximum absolute atomic E-state index is 13.7. The van der Waals surface area contributed by atoms with E-state index in [1.165, 1.54) is 6.07 Å². The molecule has 19 heavy (non-hydrogen) atoms. The zero-order chi connectivity index (χ0) is 13.6. The molecule has 0 saturated heterocycles. The Morgan fingerprint density at radius 2 is 2.32 bits per heavy atom. The number of hydrogen-bond donors (Lipinski definition) is 1. The van der Waals surface area contributed by atoms with E-state index in [4.69, 9.17) is 12.2 Å². The fraction of sp³-hybridized carbons (Fsp3) is 0.167. The third-order valence-corrected chi connectivity index (χ3v) is 5.03. The normalized spacial score (nSPS) is 11.3. The number of H-pyrrole nitrogens is 1. The van der Waals surface area contributed by atoms with Crippen LogP contribution in [0.15, 0.2) is 17.6 Å². The van der Waals surface area contributed by atoms with Gasteiger partial charge in [-0.3, -0.25) is 0 Å². The molecule has 0 fully saturated rings. The second kappa shape index (κ2) is 4.95. The molecule has 2 heterocycles. The molecule has 0 radical (unpaired) electrons. The molecular weight excluding hydrogens is 396 g/mol. The Morgan fingerprint density at radius 1 is 1.53 bits per heavy atom. The van der Waals surface area contributed by atoms with Gasteiger partial charge in [-0.2, -0.15) is 0 Å². The smallest absolute Gasteiger partial charge is 0.178 e. The number of aromatic nitrogens is 3. The van der Waals surface area contributed by atoms with Crippen molar-refractivity contribution < 1.29 is 4.39 Å². The van der Waals surface area contributed by atoms with Crippen LogP contribution in [0.4, 0.5) is 4.39 Å². The lowest BCUT2D eigenvalue weighted by molar-refractivity contribution is 0.621. The zero-order valence-electron chi connectivity index (χ0n) is 9.91. The van der Waals surface area contributed by atoms with Crippen molar-refractivity contribution in [2.45, 2.75) is 13.5 Å². The Morgan fingerprint density at radius 3 is 3.00 bits per heavy atom. The number of hydrogen-bond acceptors (Lipinski definition) is 3. The van der Waals surface area contributed by atoms with E-state index >= 15 is 0 Å². The molecule has 7 heteroatoms. The number of thiazole rings is 1. The van der Waals surface area contributed by atoms with E-state index in [0.29, 0.717) is 14.9 Å². The predicted molar refractivity (Wildman–Crippen MR) is 85.8 cm³/mol. The van der Waals surface area contributed by atoms with E-state index in [2.05, 4.69) is 9.97 Å². The maximum atomic E-state index is 13.7. The number of aromatic amines is 1. The number of aryl methyl sites for hydroxylation is 1. The molecular formula is C12H9FIN3S2. The average molecular weight is 405 g/mol. The molecule has 1 aromatic carbocycles. The minimum absolute atomic E-state index is 0.225. The molecule has 2 aromatic heterocycles. The van der Waals surface area contributed by atoms with Crippen molar-refractivity contribution in [3.8, 4) is 0 Å². The summed E-state index contributed by atoms with van der Waals surface area (Å²) in [5, 5.41) is 0. The molecule has 3 rings (SSSR count). The molecule has 3 aromatic rings. The van der Waals surface area contributed by atoms with Gasteiger partial charge in [-0.25, -0.2) is 9.37 Å². The summed E-state index contributed by atoms with van der Waals surface area (Å²) in [6.07, 6.45) is 0. The van der Waals surface area contributed by atoms with Crippen LogP contribution in [0.3, 0.4) is 0 Å². The summed E-state index contributed by atoms with van der Waals surface area (Å²) in [5.74, 6) is -0.225. The SMILES string of the molecule is Cc1ncsc1Cn1c(=S)[nH]c2cc(I)c(F)cc21. The Bertz CT molecular complexity index is 818. The Labute approximate surface area is 131 Å². The quantitative estimate of drug-likeness (QED) is 0.511. The van der Waals surface area contributed by atoms with Gasteiger partial charge in [0.25, 0.3) is 0 Å². The molecule has 0 aliphatic carbocycles. The molecule has 3 nitrogen and oxygen atoms in total. The molecule has 0 amide bonds. The van der Waals surface area contributed by atoms with Crippen molar-refractivity contribution in [3.05, 3.63) is 42.4 Å². The molecule has 1 N–H and O–H groups in total. The molecule has 98 valence electrons. The molecule has 0 unspecified atom stereocenters. The average Bonchev–Trinajstić information content (AvgIpc) is 2.88. The van der Waals surface area contributed by atoms with Crippen molar-refractivity contribution in [3.63, 3.8) is 0 Å². The van der Waals surface area contributed by atoms with Gasteiger partial charge in [0.2, 0.25) is 0 Å². The van der Waals surface area contributed by atoms with Crippen molar-refractivity contribution in [2.24, 2.45) is 0 Å². The minimum atomic E-state index is -0.225. The fourth-order valence-electron chi connectivity index (χ4n) is 1.93. The number of nitrogens with zero attached hydrogens (tertiary/aromatic N) is 2. The Hall–Kier alpha value is -0.800. The maximum Gasteiger partial charge on any atom is 0.178 e. The highest BCUT2D eigenvalue weighted by Crippen LogP contribution is 2.23. The number of imidazole rings is 1. The van der Waals surface area contributed by atoms with E-state index < -0.39 is 0 Å². The predicted octanol–water partition coefficient (Wildman–Crippen LogP) is 4.26. The lowest BCUT2D eigenvalue weighted by Crippen LogP contribution is -1.99. The Balaban J connectivity index is 2.18. The van der Waals surface area contributed by atoms with Gasteiger partial charge in [0.1, 0.15) is 5.82 Å². The van der Waals surface area contributed by atoms with E-state index in [0.717, 1.165) is 21.6 Å². The first kappa shape index (κ1) is 13.2. The van der Waals surface area contributed by atoms with Gasteiger partial charge >= 0.3 is 0 Å². The van der Waals surface area contributed by atoms with E-state index in [1.807, 2.05) is 39.6 Å². The number of benzene rings is 1. The second-order valence-electron chi connectivity index (χ2n) is 4.16. The van der Waals surface area contributed by atoms with Crippen molar-refractivity contribution in [2.75, 3.05) is 0 Å². The summed E-state index contributed by atoms with van der Waals surface area (Å²) in [7, 11) is 0. The fourth-order valence-corrected chi connectivity index (χ4v) is 3.44. The van der Waals surface area contributed by atoms with Crippen LogP contribution >= 0.6 is 46.1 Å². The van der Waals surface area contributed by atoms with E-state index in [9.17, 15) is 4.39 Å². The lowest BCUT2D eigenvalue weighted by atomic mass is 10.3. The first-order valence-electron chi connectivity index (χ1n) is 5.53. The summed E-state index contributed by atoms with van der Waals surface area (Å²) >= 11 is 8.88. The number of halogens is 2. The molecule has 0 atom stereocenters. The highest BCUT2D eigenvalue weighted by atomic mass is 127. The lowest BCUT2D eigenvalue weighted by Gasteiger charge is -2.04. The van der Waals surface area contributed by atoms with E-state index in [-0.39, 0.29) is 5.82 Å². The first-order chi connectivity index (χ1) is 9.06. The summed E-state index contributed by atoms with van der Waals surface area (Å²) in [4.78, 5) is 8.48.